The van der Waals surface area contributed by atoms with Crippen LogP contribution in [0.5, 0.6) is 5.88 Å². The molecule has 0 spiro atoms. The van der Waals surface area contributed by atoms with Gasteiger partial charge in [0.15, 0.2) is 0 Å². The number of hydrogen-bond acceptors (Lipinski definition) is 4. The summed E-state index contributed by atoms with van der Waals surface area (Å²) in [4.78, 5) is 10.4. The third-order valence-electron chi connectivity index (χ3n) is 2.70. The summed E-state index contributed by atoms with van der Waals surface area (Å²) in [5.41, 5.74) is 2.25. The van der Waals surface area contributed by atoms with E-state index in [1.54, 1.807) is 11.3 Å². The van der Waals surface area contributed by atoms with E-state index in [9.17, 15) is 0 Å². The first kappa shape index (κ1) is 13.1. The standard InChI is InChI=1S/C16H16N2OS/c1-16(2,3)19-15-14(13-9-6-10-20-13)17-11-7-4-5-8-12(11)18-15/h4-10H,1-3H3. The van der Waals surface area contributed by atoms with Crippen LogP contribution in [0.3, 0.4) is 0 Å². The monoisotopic (exact) mass is 284 g/mol. The molecule has 0 aliphatic heterocycles. The van der Waals surface area contributed by atoms with Crippen LogP contribution in [0.2, 0.25) is 0 Å². The molecular formula is C16H16N2OS. The van der Waals surface area contributed by atoms with Crippen molar-refractivity contribution in [1.82, 2.24) is 9.97 Å². The van der Waals surface area contributed by atoms with Gasteiger partial charge in [0.25, 0.3) is 0 Å². The van der Waals surface area contributed by atoms with Crippen LogP contribution in [-0.4, -0.2) is 15.6 Å². The van der Waals surface area contributed by atoms with Crippen molar-refractivity contribution in [2.45, 2.75) is 26.4 Å². The van der Waals surface area contributed by atoms with E-state index in [1.165, 1.54) is 0 Å². The second kappa shape index (κ2) is 4.87. The summed E-state index contributed by atoms with van der Waals surface area (Å²) in [5.74, 6) is 0.596. The maximum atomic E-state index is 6.00. The number of fused-ring (bicyclic) bond motifs is 1. The van der Waals surface area contributed by atoms with E-state index in [2.05, 4.69) is 4.98 Å². The average molecular weight is 284 g/mol. The highest BCUT2D eigenvalue weighted by Crippen LogP contribution is 2.33. The Balaban J connectivity index is 2.21. The first-order valence-electron chi connectivity index (χ1n) is 6.53. The van der Waals surface area contributed by atoms with Gasteiger partial charge in [0.2, 0.25) is 5.88 Å². The third-order valence-corrected chi connectivity index (χ3v) is 3.57. The summed E-state index contributed by atoms with van der Waals surface area (Å²) < 4.78 is 6.00. The molecule has 0 fully saturated rings. The van der Waals surface area contributed by atoms with Crippen molar-refractivity contribution in [2.75, 3.05) is 0 Å². The van der Waals surface area contributed by atoms with Crippen LogP contribution in [0.1, 0.15) is 20.8 Å². The lowest BCUT2D eigenvalue weighted by Crippen LogP contribution is -2.24. The molecule has 0 N–H and O–H groups in total. The molecule has 0 amide bonds. The molecule has 0 unspecified atom stereocenters. The molecule has 3 aromatic rings. The maximum Gasteiger partial charge on any atom is 0.242 e. The molecule has 0 atom stereocenters. The van der Waals surface area contributed by atoms with Gasteiger partial charge in [0, 0.05) is 0 Å². The zero-order valence-electron chi connectivity index (χ0n) is 11.8. The van der Waals surface area contributed by atoms with Crippen LogP contribution >= 0.6 is 11.3 Å². The molecule has 0 saturated carbocycles. The second-order valence-electron chi connectivity index (χ2n) is 5.56. The van der Waals surface area contributed by atoms with Crippen molar-refractivity contribution < 1.29 is 4.74 Å². The molecular weight excluding hydrogens is 268 g/mol. The molecule has 2 aromatic heterocycles. The first-order valence-corrected chi connectivity index (χ1v) is 7.40. The van der Waals surface area contributed by atoms with Crippen molar-refractivity contribution >= 4 is 22.4 Å². The molecule has 3 nitrogen and oxygen atoms in total. The number of hydrogen-bond donors (Lipinski definition) is 0. The lowest BCUT2D eigenvalue weighted by molar-refractivity contribution is 0.125. The molecule has 0 aliphatic rings. The molecule has 1 aromatic carbocycles. The molecule has 0 aliphatic carbocycles. The average Bonchev–Trinajstić information content (AvgIpc) is 2.89. The van der Waals surface area contributed by atoms with E-state index < -0.39 is 0 Å². The minimum absolute atomic E-state index is 0.302. The zero-order valence-corrected chi connectivity index (χ0v) is 12.6. The molecule has 0 radical (unpaired) electrons. The molecule has 20 heavy (non-hydrogen) atoms. The van der Waals surface area contributed by atoms with Crippen LogP contribution in [-0.2, 0) is 0 Å². The predicted molar refractivity (Wildman–Crippen MR) is 83.2 cm³/mol. The van der Waals surface area contributed by atoms with Crippen LogP contribution < -0.4 is 4.74 Å². The van der Waals surface area contributed by atoms with E-state index in [0.29, 0.717) is 5.88 Å². The Labute approximate surface area is 122 Å². The fourth-order valence-electron chi connectivity index (χ4n) is 1.92. The highest BCUT2D eigenvalue weighted by atomic mass is 32.1. The van der Waals surface area contributed by atoms with Crippen molar-refractivity contribution in [3.8, 4) is 16.5 Å². The lowest BCUT2D eigenvalue weighted by atomic mass is 10.2. The summed E-state index contributed by atoms with van der Waals surface area (Å²) in [5, 5.41) is 2.03. The number of para-hydroxylation sites is 2. The topological polar surface area (TPSA) is 35.0 Å². The van der Waals surface area contributed by atoms with E-state index in [4.69, 9.17) is 9.72 Å². The Bertz CT molecular complexity index is 730. The summed E-state index contributed by atoms with van der Waals surface area (Å²) in [6, 6.07) is 11.9. The lowest BCUT2D eigenvalue weighted by Gasteiger charge is -2.21. The van der Waals surface area contributed by atoms with Crippen molar-refractivity contribution in [3.05, 3.63) is 41.8 Å². The maximum absolute atomic E-state index is 6.00. The quantitative estimate of drug-likeness (QED) is 0.693. The second-order valence-corrected chi connectivity index (χ2v) is 6.51. The van der Waals surface area contributed by atoms with Gasteiger partial charge in [-0.2, -0.15) is 0 Å². The van der Waals surface area contributed by atoms with E-state index in [1.807, 2.05) is 62.5 Å². The SMILES string of the molecule is CC(C)(C)Oc1nc2ccccc2nc1-c1cccs1. The summed E-state index contributed by atoms with van der Waals surface area (Å²) >= 11 is 1.64. The number of rotatable bonds is 2. The van der Waals surface area contributed by atoms with Gasteiger partial charge in [-0.15, -0.1) is 11.3 Å². The molecule has 0 saturated heterocycles. The molecule has 102 valence electrons. The fourth-order valence-corrected chi connectivity index (χ4v) is 2.62. The highest BCUT2D eigenvalue weighted by Gasteiger charge is 2.19. The smallest absolute Gasteiger partial charge is 0.242 e. The first-order chi connectivity index (χ1) is 9.53. The van der Waals surface area contributed by atoms with Gasteiger partial charge in [0.05, 0.1) is 15.9 Å². The molecule has 4 heteroatoms. The highest BCUT2D eigenvalue weighted by molar-refractivity contribution is 7.13. The van der Waals surface area contributed by atoms with Crippen LogP contribution in [0.15, 0.2) is 41.8 Å². The Morgan fingerprint density at radius 2 is 1.65 bits per heavy atom. The normalized spacial score (nSPS) is 11.8. The zero-order chi connectivity index (χ0) is 14.2. The van der Waals surface area contributed by atoms with Gasteiger partial charge in [-0.3, -0.25) is 0 Å². The number of ether oxygens (including phenoxy) is 1. The van der Waals surface area contributed by atoms with Gasteiger partial charge >= 0.3 is 0 Å². The Hall–Kier alpha value is -1.94. The molecule has 0 bridgehead atoms. The van der Waals surface area contributed by atoms with Crippen molar-refractivity contribution in [2.24, 2.45) is 0 Å². The van der Waals surface area contributed by atoms with E-state index >= 15 is 0 Å². The summed E-state index contributed by atoms with van der Waals surface area (Å²) in [6.07, 6.45) is 0. The van der Waals surface area contributed by atoms with Gasteiger partial charge < -0.3 is 4.74 Å². The number of nitrogens with zero attached hydrogens (tertiary/aromatic N) is 2. The largest absolute Gasteiger partial charge is 0.470 e. The number of thiophene rings is 1. The van der Waals surface area contributed by atoms with Crippen LogP contribution in [0, 0.1) is 0 Å². The molecule has 3 rings (SSSR count). The number of aromatic nitrogens is 2. The van der Waals surface area contributed by atoms with Gasteiger partial charge in [-0.05, 0) is 44.4 Å². The van der Waals surface area contributed by atoms with Gasteiger partial charge in [-0.1, -0.05) is 18.2 Å². The minimum atomic E-state index is -0.302. The Morgan fingerprint density at radius 1 is 0.950 bits per heavy atom. The van der Waals surface area contributed by atoms with Crippen molar-refractivity contribution in [3.63, 3.8) is 0 Å². The van der Waals surface area contributed by atoms with Crippen LogP contribution in [0.4, 0.5) is 0 Å². The predicted octanol–water partition coefficient (Wildman–Crippen LogP) is 4.54. The molecule has 2 heterocycles. The van der Waals surface area contributed by atoms with Gasteiger partial charge in [-0.25, -0.2) is 9.97 Å². The summed E-state index contributed by atoms with van der Waals surface area (Å²) in [6.45, 7) is 6.05. The van der Waals surface area contributed by atoms with E-state index in [-0.39, 0.29) is 5.60 Å². The fraction of sp³-hybridized carbons (Fsp3) is 0.250. The number of benzene rings is 1. The van der Waals surface area contributed by atoms with Crippen LogP contribution in [0.25, 0.3) is 21.6 Å². The third kappa shape index (κ3) is 2.65. The Morgan fingerprint density at radius 3 is 2.25 bits per heavy atom. The van der Waals surface area contributed by atoms with Gasteiger partial charge in [0.1, 0.15) is 11.3 Å². The Kier molecular flexibility index (Phi) is 3.18. The summed E-state index contributed by atoms with van der Waals surface area (Å²) in [7, 11) is 0. The minimum Gasteiger partial charge on any atom is -0.470 e. The van der Waals surface area contributed by atoms with Crippen molar-refractivity contribution in [1.29, 1.82) is 0 Å². The van der Waals surface area contributed by atoms with E-state index in [0.717, 1.165) is 21.6 Å².